The number of nitrogens with zero attached hydrogens (tertiary/aromatic N) is 3. The van der Waals surface area contributed by atoms with Crippen molar-refractivity contribution >= 4 is 29.5 Å². The molecule has 1 spiro atoms. The van der Waals surface area contributed by atoms with Gasteiger partial charge in [-0.25, -0.2) is 0 Å². The summed E-state index contributed by atoms with van der Waals surface area (Å²) < 4.78 is -1.49. The van der Waals surface area contributed by atoms with Gasteiger partial charge in [-0.2, -0.15) is 0 Å². The van der Waals surface area contributed by atoms with Gasteiger partial charge in [0.25, 0.3) is 0 Å². The molecule has 7 nitrogen and oxygen atoms in total. The van der Waals surface area contributed by atoms with E-state index in [0.717, 1.165) is 18.4 Å². The van der Waals surface area contributed by atoms with Crippen LogP contribution in [-0.4, -0.2) is 92.4 Å². The van der Waals surface area contributed by atoms with E-state index in [0.29, 0.717) is 26.1 Å². The van der Waals surface area contributed by atoms with E-state index in [1.165, 1.54) is 0 Å². The smallest absolute Gasteiger partial charge is 0.247 e. The predicted molar refractivity (Wildman–Crippen MR) is 145 cm³/mol. The van der Waals surface area contributed by atoms with Crippen LogP contribution in [-0.2, 0) is 20.8 Å². The van der Waals surface area contributed by atoms with Crippen molar-refractivity contribution in [2.75, 3.05) is 33.3 Å². The molecule has 6 atom stereocenters. The summed E-state index contributed by atoms with van der Waals surface area (Å²) in [5, 5.41) is 10.6. The molecule has 1 aromatic rings. The van der Waals surface area contributed by atoms with Gasteiger partial charge in [-0.05, 0) is 25.3 Å². The second-order valence-corrected chi connectivity index (χ2v) is 12.7. The number of fused-ring (bicyclic) bond motifs is 2. The number of aliphatic hydroxyl groups excluding tert-OH is 1. The SMILES string of the molecule is CCCCN1CC=C[C@]23S[C@@]4(C)C=CCN(C)C(=O)[C@H]4[C@H]2C(=O)N([C@@H](CO)Cc2ccccc2)C3C1=O. The molecule has 198 valence electrons. The number of hydrogen-bond donors (Lipinski definition) is 1. The van der Waals surface area contributed by atoms with E-state index >= 15 is 0 Å². The molecular formula is C29H37N3O4S. The minimum atomic E-state index is -0.878. The normalized spacial score (nSPS) is 33.8. The maximum absolute atomic E-state index is 14.5. The van der Waals surface area contributed by atoms with Crippen molar-refractivity contribution in [3.05, 3.63) is 60.2 Å². The van der Waals surface area contributed by atoms with Gasteiger partial charge in [0.2, 0.25) is 17.7 Å². The first-order valence-electron chi connectivity index (χ1n) is 13.3. The van der Waals surface area contributed by atoms with Gasteiger partial charge < -0.3 is 19.8 Å². The number of aliphatic hydroxyl groups is 1. The lowest BCUT2D eigenvalue weighted by atomic mass is 9.74. The average molecular weight is 524 g/mol. The van der Waals surface area contributed by atoms with E-state index in [2.05, 4.69) is 13.0 Å². The average Bonchev–Trinajstić information content (AvgIpc) is 3.17. The molecule has 4 aliphatic rings. The van der Waals surface area contributed by atoms with Gasteiger partial charge in [-0.1, -0.05) is 68.0 Å². The molecule has 0 radical (unpaired) electrons. The zero-order valence-corrected chi connectivity index (χ0v) is 22.7. The predicted octanol–water partition coefficient (Wildman–Crippen LogP) is 2.50. The van der Waals surface area contributed by atoms with Crippen molar-refractivity contribution in [3.63, 3.8) is 0 Å². The Labute approximate surface area is 223 Å². The van der Waals surface area contributed by atoms with Gasteiger partial charge in [-0.15, -0.1) is 11.8 Å². The number of likely N-dealkylation sites (tertiary alicyclic amines) is 1. The first kappa shape index (κ1) is 26.0. The summed E-state index contributed by atoms with van der Waals surface area (Å²) in [4.78, 5) is 47.7. The van der Waals surface area contributed by atoms with Crippen molar-refractivity contribution in [2.24, 2.45) is 11.8 Å². The van der Waals surface area contributed by atoms with Crippen molar-refractivity contribution in [1.29, 1.82) is 0 Å². The summed E-state index contributed by atoms with van der Waals surface area (Å²) >= 11 is 1.59. The molecule has 4 heterocycles. The van der Waals surface area contributed by atoms with E-state index in [9.17, 15) is 19.5 Å². The number of unbranched alkanes of at least 4 members (excludes halogenated alkanes) is 1. The monoisotopic (exact) mass is 523 g/mol. The summed E-state index contributed by atoms with van der Waals surface area (Å²) in [6.07, 6.45) is 10.4. The number of hydrogen-bond acceptors (Lipinski definition) is 5. The number of carbonyl (C=O) groups is 3. The molecular weight excluding hydrogens is 486 g/mol. The Bertz CT molecular complexity index is 1120. The Balaban J connectivity index is 1.63. The Morgan fingerprint density at radius 2 is 1.76 bits per heavy atom. The molecule has 0 saturated carbocycles. The summed E-state index contributed by atoms with van der Waals surface area (Å²) in [5.74, 6) is -1.61. The minimum absolute atomic E-state index is 0.0626. The zero-order chi connectivity index (χ0) is 26.4. The van der Waals surface area contributed by atoms with Crippen molar-refractivity contribution in [3.8, 4) is 0 Å². The van der Waals surface area contributed by atoms with Gasteiger partial charge >= 0.3 is 0 Å². The van der Waals surface area contributed by atoms with E-state index in [4.69, 9.17) is 0 Å². The minimum Gasteiger partial charge on any atom is -0.394 e. The molecule has 4 aliphatic heterocycles. The number of amides is 3. The highest BCUT2D eigenvalue weighted by Gasteiger charge is 2.74. The van der Waals surface area contributed by atoms with Gasteiger partial charge in [-0.3, -0.25) is 14.4 Å². The quantitative estimate of drug-likeness (QED) is 0.556. The van der Waals surface area contributed by atoms with Gasteiger partial charge in [0, 0.05) is 31.4 Å². The molecule has 37 heavy (non-hydrogen) atoms. The van der Waals surface area contributed by atoms with Crippen molar-refractivity contribution in [1.82, 2.24) is 14.7 Å². The molecule has 0 aliphatic carbocycles. The third kappa shape index (κ3) is 4.13. The number of rotatable bonds is 7. The largest absolute Gasteiger partial charge is 0.394 e. The summed E-state index contributed by atoms with van der Waals surface area (Å²) in [7, 11) is 1.77. The fourth-order valence-corrected chi connectivity index (χ4v) is 8.85. The van der Waals surface area contributed by atoms with Crippen molar-refractivity contribution in [2.45, 2.75) is 54.7 Å². The Kier molecular flexibility index (Phi) is 7.00. The van der Waals surface area contributed by atoms with Crippen LogP contribution in [0.5, 0.6) is 0 Å². The van der Waals surface area contributed by atoms with Gasteiger partial charge in [0.05, 0.1) is 29.2 Å². The second kappa shape index (κ2) is 9.95. The van der Waals surface area contributed by atoms with Crippen LogP contribution in [0.2, 0.25) is 0 Å². The van der Waals surface area contributed by atoms with Crippen LogP contribution >= 0.6 is 11.8 Å². The van der Waals surface area contributed by atoms with Crippen LogP contribution in [0.4, 0.5) is 0 Å². The number of likely N-dealkylation sites (N-methyl/N-ethyl adjacent to an activating group) is 1. The molecule has 2 fully saturated rings. The lowest BCUT2D eigenvalue weighted by Gasteiger charge is -2.39. The fourth-order valence-electron chi connectivity index (χ4n) is 6.71. The maximum atomic E-state index is 14.5. The van der Waals surface area contributed by atoms with Gasteiger partial charge in [0.1, 0.15) is 6.04 Å². The summed E-state index contributed by atoms with van der Waals surface area (Å²) in [5.41, 5.74) is 0.991. The van der Waals surface area contributed by atoms with Crippen LogP contribution in [0.15, 0.2) is 54.6 Å². The van der Waals surface area contributed by atoms with E-state index in [-0.39, 0.29) is 24.3 Å². The molecule has 5 rings (SSSR count). The number of carbonyl (C=O) groups excluding carboxylic acids is 3. The summed E-state index contributed by atoms with van der Waals surface area (Å²) in [6, 6.07) is 8.42. The number of benzene rings is 1. The van der Waals surface area contributed by atoms with E-state index in [1.54, 1.807) is 28.6 Å². The van der Waals surface area contributed by atoms with Crippen molar-refractivity contribution < 1.29 is 19.5 Å². The lowest BCUT2D eigenvalue weighted by molar-refractivity contribution is -0.147. The van der Waals surface area contributed by atoms with Crippen LogP contribution < -0.4 is 0 Å². The Morgan fingerprint density at radius 1 is 1.03 bits per heavy atom. The van der Waals surface area contributed by atoms with E-state index < -0.39 is 33.4 Å². The van der Waals surface area contributed by atoms with Crippen LogP contribution in [0.3, 0.4) is 0 Å². The lowest BCUT2D eigenvalue weighted by Crippen LogP contribution is -2.57. The molecule has 1 N–H and O–H groups in total. The molecule has 0 bridgehead atoms. The van der Waals surface area contributed by atoms with Crippen LogP contribution in [0.25, 0.3) is 0 Å². The topological polar surface area (TPSA) is 81.2 Å². The molecule has 1 unspecified atom stereocenters. The van der Waals surface area contributed by atoms with E-state index in [1.807, 2.05) is 60.4 Å². The molecule has 2 saturated heterocycles. The Morgan fingerprint density at radius 3 is 2.46 bits per heavy atom. The third-order valence-corrected chi connectivity index (χ3v) is 10.3. The van der Waals surface area contributed by atoms with Crippen LogP contribution in [0, 0.1) is 11.8 Å². The fraction of sp³-hybridized carbons (Fsp3) is 0.552. The zero-order valence-electron chi connectivity index (χ0n) is 21.9. The standard InChI is InChI=1S/C29H37N3O4S/c1-4-5-16-31-17-10-14-29-23(22-25(34)30(3)15-9-13-28(22,2)37-29)26(35)32(24(29)27(31)36)21(19-33)18-20-11-7-6-8-12-20/h6-14,21-24,33H,4-5,15-19H2,1-3H3/t21-,22-,23+,24?,28+,29+/m1/s1. The first-order chi connectivity index (χ1) is 17.8. The van der Waals surface area contributed by atoms with Gasteiger partial charge in [0.15, 0.2) is 0 Å². The Hall–Kier alpha value is -2.58. The highest BCUT2D eigenvalue weighted by atomic mass is 32.2. The second-order valence-electron chi connectivity index (χ2n) is 10.9. The number of thioether (sulfide) groups is 1. The highest BCUT2D eigenvalue weighted by molar-refractivity contribution is 8.02. The maximum Gasteiger partial charge on any atom is 0.247 e. The summed E-state index contributed by atoms with van der Waals surface area (Å²) in [6.45, 7) is 5.47. The molecule has 8 heteroatoms. The first-order valence-corrected chi connectivity index (χ1v) is 14.2. The molecule has 1 aromatic carbocycles. The molecule has 0 aromatic heterocycles. The third-order valence-electron chi connectivity index (χ3n) is 8.48. The van der Waals surface area contributed by atoms with Crippen LogP contribution in [0.1, 0.15) is 32.3 Å². The molecule has 3 amide bonds. The highest BCUT2D eigenvalue weighted by Crippen LogP contribution is 2.65.